The van der Waals surface area contributed by atoms with Crippen LogP contribution in [0.5, 0.6) is 34.5 Å². The van der Waals surface area contributed by atoms with E-state index in [4.69, 9.17) is 28.4 Å². The van der Waals surface area contributed by atoms with Crippen LogP contribution in [-0.2, 0) is 0 Å². The van der Waals surface area contributed by atoms with Crippen LogP contribution in [0.25, 0.3) is 6.08 Å². The van der Waals surface area contributed by atoms with Gasteiger partial charge in [0.25, 0.3) is 0 Å². The van der Waals surface area contributed by atoms with Gasteiger partial charge in [-0.3, -0.25) is 4.79 Å². The second-order valence-corrected chi connectivity index (χ2v) is 5.66. The smallest absolute Gasteiger partial charge is 0.221 e. The summed E-state index contributed by atoms with van der Waals surface area (Å²) in [6, 6.07) is 5.90. The summed E-state index contributed by atoms with van der Waals surface area (Å²) in [5.41, 5.74) is 0.344. The van der Waals surface area contributed by atoms with E-state index in [1.807, 2.05) is 0 Å². The molecule has 0 bridgehead atoms. The van der Waals surface area contributed by atoms with Gasteiger partial charge in [-0.15, -0.1) is 0 Å². The molecule has 29 heavy (non-hydrogen) atoms. The molecule has 0 spiro atoms. The summed E-state index contributed by atoms with van der Waals surface area (Å²) >= 11 is 0. The van der Waals surface area contributed by atoms with Crippen LogP contribution in [0.1, 0.15) is 15.9 Å². The molecule has 0 atom stereocenters. The Hall–Kier alpha value is -3.42. The fourth-order valence-electron chi connectivity index (χ4n) is 2.79. The lowest BCUT2D eigenvalue weighted by molar-refractivity contribution is 0.101. The van der Waals surface area contributed by atoms with Crippen LogP contribution in [0.15, 0.2) is 30.1 Å². The molecule has 2 rings (SSSR count). The predicted molar refractivity (Wildman–Crippen MR) is 106 cm³/mol. The molecule has 8 heteroatoms. The van der Waals surface area contributed by atoms with E-state index in [-0.39, 0.29) is 28.6 Å². The van der Waals surface area contributed by atoms with Crippen molar-refractivity contribution in [2.45, 2.75) is 0 Å². The molecule has 2 aromatic rings. The molecule has 2 aromatic carbocycles. The third-order valence-corrected chi connectivity index (χ3v) is 4.16. The van der Waals surface area contributed by atoms with E-state index in [9.17, 15) is 9.18 Å². The average Bonchev–Trinajstić information content (AvgIpc) is 2.76. The van der Waals surface area contributed by atoms with Crippen LogP contribution in [-0.4, -0.2) is 48.4 Å². The molecule has 0 aliphatic carbocycles. The van der Waals surface area contributed by atoms with Gasteiger partial charge >= 0.3 is 0 Å². The van der Waals surface area contributed by atoms with Crippen molar-refractivity contribution in [3.05, 3.63) is 41.2 Å². The van der Waals surface area contributed by atoms with Crippen molar-refractivity contribution in [3.63, 3.8) is 0 Å². The van der Waals surface area contributed by atoms with Gasteiger partial charge in [0.05, 0.1) is 42.7 Å². The molecule has 0 unspecified atom stereocenters. The fourth-order valence-corrected chi connectivity index (χ4v) is 2.79. The molecule has 0 N–H and O–H groups in total. The molecular weight excluding hydrogens is 383 g/mol. The van der Waals surface area contributed by atoms with Crippen molar-refractivity contribution in [1.82, 2.24) is 0 Å². The molecule has 0 amide bonds. The molecular formula is C21H23FO7. The molecule has 0 heterocycles. The number of halogens is 1. The van der Waals surface area contributed by atoms with Crippen LogP contribution in [0.2, 0.25) is 0 Å². The van der Waals surface area contributed by atoms with Crippen LogP contribution in [0.3, 0.4) is 0 Å². The first kappa shape index (κ1) is 21.9. The van der Waals surface area contributed by atoms with E-state index in [1.54, 1.807) is 12.1 Å². The number of Topliss-reactive ketones (excluding diaryl/α,β-unsaturated/α-hetero) is 1. The Balaban J connectivity index is 2.51. The van der Waals surface area contributed by atoms with E-state index >= 15 is 0 Å². The second kappa shape index (κ2) is 9.68. The maximum Gasteiger partial charge on any atom is 0.221 e. The van der Waals surface area contributed by atoms with Crippen molar-refractivity contribution in [2.24, 2.45) is 0 Å². The summed E-state index contributed by atoms with van der Waals surface area (Å²) in [7, 11) is 8.57. The van der Waals surface area contributed by atoms with Gasteiger partial charge in [0, 0.05) is 11.1 Å². The molecule has 0 saturated carbocycles. The normalized spacial score (nSPS) is 10.9. The molecule has 0 aliphatic heterocycles. The van der Waals surface area contributed by atoms with Gasteiger partial charge in [-0.05, 0) is 30.3 Å². The zero-order valence-corrected chi connectivity index (χ0v) is 17.1. The van der Waals surface area contributed by atoms with Crippen molar-refractivity contribution >= 4 is 11.9 Å². The summed E-state index contributed by atoms with van der Waals surface area (Å²) < 4.78 is 46.3. The third-order valence-electron chi connectivity index (χ3n) is 4.16. The quantitative estimate of drug-likeness (QED) is 0.461. The summed E-state index contributed by atoms with van der Waals surface area (Å²) in [6.07, 6.45) is 1.06. The number of ether oxygens (including phenoxy) is 6. The highest BCUT2D eigenvalue weighted by Crippen LogP contribution is 2.41. The Morgan fingerprint density at radius 2 is 1.24 bits per heavy atom. The Morgan fingerprint density at radius 3 is 1.69 bits per heavy atom. The number of rotatable bonds is 9. The third kappa shape index (κ3) is 4.37. The summed E-state index contributed by atoms with van der Waals surface area (Å²) in [4.78, 5) is 12.7. The van der Waals surface area contributed by atoms with Gasteiger partial charge < -0.3 is 28.4 Å². The highest BCUT2D eigenvalue weighted by Gasteiger charge is 2.21. The first-order chi connectivity index (χ1) is 13.9. The highest BCUT2D eigenvalue weighted by atomic mass is 19.1. The van der Waals surface area contributed by atoms with Crippen LogP contribution in [0.4, 0.5) is 4.39 Å². The van der Waals surface area contributed by atoms with E-state index in [1.165, 1.54) is 54.8 Å². The van der Waals surface area contributed by atoms with E-state index in [0.717, 1.165) is 6.08 Å². The van der Waals surface area contributed by atoms with Gasteiger partial charge in [0.2, 0.25) is 17.3 Å². The Bertz CT molecular complexity index is 896. The fraction of sp³-hybridized carbons (Fsp3) is 0.286. The standard InChI is InChI=1S/C21H23FO7/c1-24-15-8-7-12(19(27-4)21(15)29-6)9-14(22)18(23)13-10-16(25-2)20(28-5)17(11-13)26-3/h7-11H,1-6H3/b14-9-. The topological polar surface area (TPSA) is 72.5 Å². The molecule has 156 valence electrons. The number of benzene rings is 2. The zero-order valence-electron chi connectivity index (χ0n) is 17.1. The van der Waals surface area contributed by atoms with Crippen LogP contribution >= 0.6 is 0 Å². The lowest BCUT2D eigenvalue weighted by Gasteiger charge is -2.14. The summed E-state index contributed by atoms with van der Waals surface area (Å²) in [5.74, 6) is -0.142. The van der Waals surface area contributed by atoms with Crippen molar-refractivity contribution < 1.29 is 37.6 Å². The SMILES string of the molecule is COc1cc(C(=O)/C(F)=C/c2ccc(OC)c(OC)c2OC)cc(OC)c1OC. The highest BCUT2D eigenvalue weighted by molar-refractivity contribution is 6.10. The minimum atomic E-state index is -1.01. The molecule has 0 radical (unpaired) electrons. The number of ketones is 1. The van der Waals surface area contributed by atoms with E-state index in [2.05, 4.69) is 0 Å². The van der Waals surface area contributed by atoms with Gasteiger partial charge in [-0.2, -0.15) is 0 Å². The molecule has 0 aliphatic rings. The monoisotopic (exact) mass is 406 g/mol. The lowest BCUT2D eigenvalue weighted by Crippen LogP contribution is -2.04. The first-order valence-electron chi connectivity index (χ1n) is 8.46. The van der Waals surface area contributed by atoms with Crippen molar-refractivity contribution in [3.8, 4) is 34.5 Å². The summed E-state index contributed by atoms with van der Waals surface area (Å²) in [6.45, 7) is 0. The van der Waals surface area contributed by atoms with Gasteiger partial charge in [-0.1, -0.05) is 0 Å². The number of hydrogen-bond donors (Lipinski definition) is 0. The molecule has 7 nitrogen and oxygen atoms in total. The largest absolute Gasteiger partial charge is 0.493 e. The average molecular weight is 406 g/mol. The molecule has 0 fully saturated rings. The predicted octanol–water partition coefficient (Wildman–Crippen LogP) is 3.93. The van der Waals surface area contributed by atoms with Gasteiger partial charge in [0.1, 0.15) is 0 Å². The van der Waals surface area contributed by atoms with Crippen molar-refractivity contribution in [2.75, 3.05) is 42.7 Å². The lowest BCUT2D eigenvalue weighted by atomic mass is 10.1. The molecule has 0 aromatic heterocycles. The Kier molecular flexibility index (Phi) is 7.30. The maximum atomic E-state index is 14.8. The van der Waals surface area contributed by atoms with Crippen LogP contribution < -0.4 is 28.4 Å². The molecule has 0 saturated heterocycles. The Morgan fingerprint density at radius 1 is 0.724 bits per heavy atom. The first-order valence-corrected chi connectivity index (χ1v) is 8.46. The second-order valence-electron chi connectivity index (χ2n) is 5.66. The van der Waals surface area contributed by atoms with E-state index in [0.29, 0.717) is 17.1 Å². The minimum Gasteiger partial charge on any atom is -0.493 e. The van der Waals surface area contributed by atoms with Gasteiger partial charge in [0.15, 0.2) is 28.8 Å². The number of carbonyl (C=O) groups is 1. The Labute approximate surface area is 168 Å². The number of methoxy groups -OCH3 is 6. The van der Waals surface area contributed by atoms with Crippen molar-refractivity contribution in [1.29, 1.82) is 0 Å². The summed E-state index contributed by atoms with van der Waals surface area (Å²) in [5, 5.41) is 0. The zero-order chi connectivity index (χ0) is 21.6. The minimum absolute atomic E-state index is 0.0349. The number of carbonyl (C=O) groups excluding carboxylic acids is 1. The van der Waals surface area contributed by atoms with E-state index < -0.39 is 11.6 Å². The number of allylic oxidation sites excluding steroid dienone is 1. The number of hydrogen-bond acceptors (Lipinski definition) is 7. The van der Waals surface area contributed by atoms with Gasteiger partial charge in [-0.25, -0.2) is 4.39 Å². The van der Waals surface area contributed by atoms with Crippen LogP contribution in [0, 0.1) is 0 Å². The maximum absolute atomic E-state index is 14.8.